The van der Waals surface area contributed by atoms with Crippen molar-refractivity contribution >= 4 is 43.1 Å². The Balaban J connectivity index is 1.63. The average molecular weight is 692 g/mol. The summed E-state index contributed by atoms with van der Waals surface area (Å²) in [6.07, 6.45) is 0. The maximum absolute atomic E-state index is 10.4. The summed E-state index contributed by atoms with van der Waals surface area (Å²) in [5.74, 6) is 0. The number of hydrogen-bond donors (Lipinski definition) is 0. The van der Waals surface area contributed by atoms with Gasteiger partial charge in [0.1, 0.15) is 0 Å². The highest BCUT2D eigenvalue weighted by atomic mass is 14.2. The lowest BCUT2D eigenvalue weighted by Crippen LogP contribution is -1.93. The smallest absolute Gasteiger partial charge is 0.0622 e. The van der Waals surface area contributed by atoms with Gasteiger partial charge in [0.15, 0.2) is 0 Å². The van der Waals surface area contributed by atoms with Crippen LogP contribution in [0.15, 0.2) is 205 Å². The third kappa shape index (κ3) is 5.16. The molecular weight excluding hydrogens is 625 g/mol. The Morgan fingerprint density at radius 1 is 0.250 bits per heavy atom. The predicted octanol–water partition coefficient (Wildman–Crippen LogP) is 14.6. The second kappa shape index (κ2) is 12.5. The lowest BCUT2D eigenvalue weighted by atomic mass is 9.82. The highest BCUT2D eigenvalue weighted by Crippen LogP contribution is 2.47. The molecule has 10 aromatic rings. The van der Waals surface area contributed by atoms with Gasteiger partial charge in [-0.2, -0.15) is 0 Å². The third-order valence-electron chi connectivity index (χ3n) is 8.16. The van der Waals surface area contributed by atoms with Gasteiger partial charge in [0.25, 0.3) is 0 Å². The molecule has 0 saturated heterocycles. The van der Waals surface area contributed by atoms with Crippen molar-refractivity contribution < 1.29 is 45.2 Å². The molecule has 0 atom stereocenters. The van der Waals surface area contributed by atoms with Crippen LogP contribution in [0.1, 0.15) is 45.2 Å². The van der Waals surface area contributed by atoms with Crippen molar-refractivity contribution in [2.75, 3.05) is 0 Å². The topological polar surface area (TPSA) is 0 Å². The molecule has 0 amide bonds. The van der Waals surface area contributed by atoms with Gasteiger partial charge in [-0.05, 0) is 129 Å². The Labute approximate surface area is 350 Å². The zero-order chi connectivity index (χ0) is 63.2. The summed E-state index contributed by atoms with van der Waals surface area (Å²) in [6.45, 7) is 0. The molecule has 0 aliphatic carbocycles. The monoisotopic (exact) mass is 691 g/mol. The fraction of sp³-hybridized carbons (Fsp3) is 0. The fourth-order valence-electron chi connectivity index (χ4n) is 5.93. The van der Waals surface area contributed by atoms with E-state index in [1.807, 2.05) is 0 Å². The molecule has 0 spiro atoms. The van der Waals surface area contributed by atoms with E-state index >= 15 is 0 Å². The van der Waals surface area contributed by atoms with E-state index in [0.717, 1.165) is 6.07 Å². The van der Waals surface area contributed by atoms with Gasteiger partial charge < -0.3 is 0 Å². The van der Waals surface area contributed by atoms with E-state index in [1.54, 1.807) is 0 Å². The minimum absolute atomic E-state index is 0.655. The zero-order valence-electron chi connectivity index (χ0n) is 59.1. The van der Waals surface area contributed by atoms with Gasteiger partial charge in [-0.25, -0.2) is 0 Å². The number of benzene rings is 10. The largest absolute Gasteiger partial charge is 0.0636 e. The first kappa shape index (κ1) is 11.6. The number of rotatable bonds is 5. The minimum atomic E-state index is -1.25. The molecule has 0 heterocycles. The summed E-state index contributed by atoms with van der Waals surface area (Å²) in [6, 6.07) is -33.4. The molecule has 0 heteroatoms. The van der Waals surface area contributed by atoms with Gasteiger partial charge in [0.05, 0.1) is 45.2 Å². The van der Waals surface area contributed by atoms with Crippen LogP contribution in [0.4, 0.5) is 0 Å². The highest BCUT2D eigenvalue weighted by molar-refractivity contribution is 6.24. The summed E-state index contributed by atoms with van der Waals surface area (Å²) in [7, 11) is 0. The Bertz CT molecular complexity index is 4690. The zero-order valence-corrected chi connectivity index (χ0v) is 26.1. The molecule has 0 bridgehead atoms. The van der Waals surface area contributed by atoms with Gasteiger partial charge >= 0.3 is 0 Å². The Morgan fingerprint density at radius 2 is 0.769 bits per heavy atom. The normalized spacial score (nSPS) is 20.3. The molecule has 0 radical (unpaired) electrons. The van der Waals surface area contributed by atoms with Crippen LogP contribution in [-0.4, -0.2) is 0 Å². The summed E-state index contributed by atoms with van der Waals surface area (Å²) in [5, 5.41) is -6.72. The molecule has 52 heavy (non-hydrogen) atoms. The molecular formula is C52H34. The van der Waals surface area contributed by atoms with Crippen molar-refractivity contribution in [3.63, 3.8) is 0 Å². The molecule has 0 unspecified atom stereocenters. The van der Waals surface area contributed by atoms with E-state index in [9.17, 15) is 15.1 Å². The van der Waals surface area contributed by atoms with Crippen LogP contribution in [0.25, 0.3) is 98.7 Å². The van der Waals surface area contributed by atoms with Crippen LogP contribution in [-0.2, 0) is 0 Å². The Kier molecular flexibility index (Phi) is 2.80. The quantitative estimate of drug-likeness (QED) is 0.158. The van der Waals surface area contributed by atoms with Crippen molar-refractivity contribution in [2.24, 2.45) is 0 Å². The maximum atomic E-state index is 10.4. The van der Waals surface area contributed by atoms with Crippen LogP contribution in [0.3, 0.4) is 0 Å². The van der Waals surface area contributed by atoms with Crippen molar-refractivity contribution in [3.8, 4) is 55.6 Å². The maximum Gasteiger partial charge on any atom is 0.0636 e. The number of fused-ring (bicyclic) bond motifs is 4. The Hall–Kier alpha value is -6.76. The van der Waals surface area contributed by atoms with Crippen molar-refractivity contribution in [2.45, 2.75) is 0 Å². The third-order valence-corrected chi connectivity index (χ3v) is 8.16. The molecule has 0 saturated carbocycles. The lowest BCUT2D eigenvalue weighted by Gasteiger charge is -2.21. The summed E-state index contributed by atoms with van der Waals surface area (Å²) < 4.78 is 301. The fourth-order valence-corrected chi connectivity index (χ4v) is 5.93. The van der Waals surface area contributed by atoms with E-state index in [4.69, 9.17) is 30.2 Å². The first-order valence-corrected chi connectivity index (χ1v) is 15.3. The molecule has 0 fully saturated rings. The first-order chi connectivity index (χ1) is 39.5. The molecule has 0 N–H and O–H groups in total. The van der Waals surface area contributed by atoms with Crippen molar-refractivity contribution in [1.82, 2.24) is 0 Å². The number of hydrogen-bond acceptors (Lipinski definition) is 0. The van der Waals surface area contributed by atoms with Gasteiger partial charge in [-0.1, -0.05) is 175 Å². The van der Waals surface area contributed by atoms with E-state index in [2.05, 4.69) is 0 Å². The van der Waals surface area contributed by atoms with Crippen molar-refractivity contribution in [1.29, 1.82) is 0 Å². The van der Waals surface area contributed by atoms with Crippen LogP contribution in [0.5, 0.6) is 0 Å². The predicted molar refractivity (Wildman–Crippen MR) is 224 cm³/mol. The molecule has 0 aromatic heterocycles. The van der Waals surface area contributed by atoms with Gasteiger partial charge in [0, 0.05) is 0 Å². The lowest BCUT2D eigenvalue weighted by molar-refractivity contribution is 1.58. The average Bonchev–Trinajstić information content (AvgIpc) is 1.31. The second-order valence-corrected chi connectivity index (χ2v) is 11.1. The van der Waals surface area contributed by atoms with Crippen molar-refractivity contribution in [3.05, 3.63) is 205 Å². The molecule has 10 rings (SSSR count). The van der Waals surface area contributed by atoms with Crippen LogP contribution < -0.4 is 0 Å². The van der Waals surface area contributed by atoms with E-state index in [-0.39, 0.29) is 0 Å². The summed E-state index contributed by atoms with van der Waals surface area (Å²) in [4.78, 5) is 0. The van der Waals surface area contributed by atoms with E-state index in [0.29, 0.717) is 0 Å². The summed E-state index contributed by atoms with van der Waals surface area (Å²) in [5.41, 5.74) is -8.93. The second-order valence-electron chi connectivity index (χ2n) is 11.1. The molecule has 0 aliphatic heterocycles. The van der Waals surface area contributed by atoms with Gasteiger partial charge in [0.2, 0.25) is 0 Å². The summed E-state index contributed by atoms with van der Waals surface area (Å²) >= 11 is 0. The molecule has 0 nitrogen and oxygen atoms in total. The molecule has 10 aromatic carbocycles. The van der Waals surface area contributed by atoms with Crippen LogP contribution >= 0.6 is 0 Å². The Morgan fingerprint density at radius 3 is 1.48 bits per heavy atom. The molecule has 0 aliphatic rings. The first-order valence-electron chi connectivity index (χ1n) is 31.8. The standard InChI is InChI=1S/C52H34/c1-3-14-35(15-4-1)42-31-43(36-16-5-2-6-17-36)33-44(32-42)51-47-23-11-12-24-48(47)52(46-25-13-21-38-19-9-10-22-45(38)46)50-34-41(28-29-49(50)51)40-27-26-37-18-7-8-20-39(37)30-40/h1-34H/i1D,2D,3D,4D,5D,6D,7D,8D,9D,10D,11D,12D,13D,14D,15D,16D,17D,18D,19D,20D,21D,22D,23D,24D,25D,26D,27D,28D,29D,30D,32D,33D,34D. The van der Waals surface area contributed by atoms with Gasteiger partial charge in [-0.15, -0.1) is 0 Å². The molecule has 242 valence electrons. The van der Waals surface area contributed by atoms with E-state index in [1.165, 1.54) is 0 Å². The minimum Gasteiger partial charge on any atom is -0.0622 e. The van der Waals surface area contributed by atoms with Crippen LogP contribution in [0.2, 0.25) is 0 Å². The van der Waals surface area contributed by atoms with Gasteiger partial charge in [-0.3, -0.25) is 0 Å². The van der Waals surface area contributed by atoms with Crippen LogP contribution in [0, 0.1) is 0 Å². The SMILES string of the molecule is [2H]c1c([2H])c([2H])c(-c2cc(-c3c([2H])c([2H])c([2H])c([2H])c3[2H])c([2H])c(-c3c4c([2H])c([2H])c([2H])c([2H])c4c(-c4c([2H])c([2H])c([2H])c5c([2H])c([2H])c([2H])c([2H])c45)c4c([2H])c(-c5c([2H])c([2H])c6c([2H])c([2H])c([2H])c([2H])c6c5[2H])c([2H])c([2H])c34)c2[2H])c([2H])c1[2H]. The van der Waals surface area contributed by atoms with E-state index < -0.39 is 298 Å². The highest BCUT2D eigenvalue weighted by Gasteiger charge is 2.20.